The highest BCUT2D eigenvalue weighted by molar-refractivity contribution is 7.89. The molecular weight excluding hydrogens is 570 g/mol. The van der Waals surface area contributed by atoms with Crippen molar-refractivity contribution < 1.29 is 18.3 Å². The number of allylic oxidation sites excluding steroid dienone is 3. The van der Waals surface area contributed by atoms with Gasteiger partial charge in [0.05, 0.1) is 16.7 Å². The van der Waals surface area contributed by atoms with Crippen molar-refractivity contribution in [1.82, 2.24) is 9.62 Å². The summed E-state index contributed by atoms with van der Waals surface area (Å²) < 4.78 is 34.1. The van der Waals surface area contributed by atoms with Gasteiger partial charge in [0.25, 0.3) is 0 Å². The van der Waals surface area contributed by atoms with Crippen molar-refractivity contribution >= 4 is 16.2 Å². The van der Waals surface area contributed by atoms with E-state index >= 15 is 0 Å². The number of aliphatic hydroxyl groups excluding tert-OH is 1. The van der Waals surface area contributed by atoms with E-state index in [-0.39, 0.29) is 23.0 Å². The Bertz CT molecular complexity index is 1400. The maximum atomic E-state index is 12.9. The van der Waals surface area contributed by atoms with E-state index in [1.807, 2.05) is 0 Å². The second-order valence-corrected chi connectivity index (χ2v) is 15.8. The molecule has 1 saturated carbocycles. The minimum absolute atomic E-state index is 0.0572. The molecule has 1 spiro atoms. The molecule has 2 N–H and O–H groups in total. The average Bonchev–Trinajstić information content (AvgIpc) is 3.59. The lowest BCUT2D eigenvalue weighted by atomic mass is 9.85. The van der Waals surface area contributed by atoms with Crippen LogP contribution in [0, 0.1) is 17.3 Å². The van der Waals surface area contributed by atoms with Gasteiger partial charge in [-0.05, 0) is 123 Å². The first-order valence-electron chi connectivity index (χ1n) is 17.0. The maximum Gasteiger partial charge on any atom is 0.240 e. The number of aliphatic imine (C=N–C) groups is 1. The van der Waals surface area contributed by atoms with Gasteiger partial charge in [-0.25, -0.2) is 13.1 Å². The zero-order valence-electron chi connectivity index (χ0n) is 26.6. The van der Waals surface area contributed by atoms with Gasteiger partial charge in [-0.2, -0.15) is 0 Å². The number of nitrogens with zero attached hydrogens (tertiary/aromatic N) is 2. The predicted molar refractivity (Wildman–Crippen MR) is 176 cm³/mol. The van der Waals surface area contributed by atoms with Gasteiger partial charge >= 0.3 is 0 Å². The quantitative estimate of drug-likeness (QED) is 0.364. The van der Waals surface area contributed by atoms with E-state index in [0.29, 0.717) is 18.4 Å². The molecule has 4 unspecified atom stereocenters. The van der Waals surface area contributed by atoms with E-state index in [4.69, 9.17) is 9.73 Å². The Morgan fingerprint density at radius 2 is 1.89 bits per heavy atom. The van der Waals surface area contributed by atoms with Crippen LogP contribution in [0.3, 0.4) is 0 Å². The number of ether oxygens (including phenoxy) is 1. The molecule has 2 aliphatic carbocycles. The Hall–Kier alpha value is -2.10. The number of benzene rings is 1. The lowest BCUT2D eigenvalue weighted by Crippen LogP contribution is -2.35. The molecule has 1 aromatic carbocycles. The zero-order valence-corrected chi connectivity index (χ0v) is 27.5. The Balaban J connectivity index is 1.23. The van der Waals surface area contributed by atoms with E-state index < -0.39 is 16.3 Å². The summed E-state index contributed by atoms with van der Waals surface area (Å²) >= 11 is 0. The fourth-order valence-corrected chi connectivity index (χ4v) is 8.62. The monoisotopic (exact) mass is 621 g/mol. The van der Waals surface area contributed by atoms with E-state index in [2.05, 4.69) is 41.8 Å². The smallest absolute Gasteiger partial charge is 0.240 e. The second-order valence-electron chi connectivity index (χ2n) is 14.1. The molecule has 3 aliphatic heterocycles. The topological polar surface area (TPSA) is 91.2 Å². The van der Waals surface area contributed by atoms with Gasteiger partial charge in [-0.3, -0.25) is 9.89 Å². The van der Waals surface area contributed by atoms with Crippen molar-refractivity contribution in [2.75, 3.05) is 26.2 Å². The summed E-state index contributed by atoms with van der Waals surface area (Å²) in [6.45, 7) is 7.29. The molecule has 5 aliphatic rings. The normalized spacial score (nSPS) is 30.6. The molecule has 240 valence electrons. The van der Waals surface area contributed by atoms with Crippen LogP contribution in [0.5, 0.6) is 0 Å². The highest BCUT2D eigenvalue weighted by Crippen LogP contribution is 2.52. The first-order chi connectivity index (χ1) is 21.2. The summed E-state index contributed by atoms with van der Waals surface area (Å²) in [5, 5.41) is 11.7. The highest BCUT2D eigenvalue weighted by atomic mass is 32.2. The van der Waals surface area contributed by atoms with E-state index in [1.54, 1.807) is 29.8 Å². The molecule has 6 rings (SSSR count). The Kier molecular flexibility index (Phi) is 9.93. The van der Waals surface area contributed by atoms with Crippen molar-refractivity contribution in [3.05, 3.63) is 64.4 Å². The molecule has 8 heteroatoms. The Morgan fingerprint density at radius 1 is 1.07 bits per heavy atom. The van der Waals surface area contributed by atoms with Gasteiger partial charge in [0.15, 0.2) is 0 Å². The van der Waals surface area contributed by atoms with Crippen molar-refractivity contribution in [3.8, 4) is 0 Å². The summed E-state index contributed by atoms with van der Waals surface area (Å²) in [5.41, 5.74) is 6.53. The fraction of sp³-hybridized carbons (Fsp3) is 0.639. The summed E-state index contributed by atoms with van der Waals surface area (Å²) in [6, 6.07) is 6.77. The summed E-state index contributed by atoms with van der Waals surface area (Å²) in [4.78, 5) is 7.59. The highest BCUT2D eigenvalue weighted by Gasteiger charge is 2.44. The minimum atomic E-state index is -3.64. The number of nitrogens with one attached hydrogen (secondary N) is 1. The Labute approximate surface area is 264 Å². The fourth-order valence-electron chi connectivity index (χ4n) is 7.55. The zero-order chi connectivity index (χ0) is 30.7. The van der Waals surface area contributed by atoms with E-state index in [0.717, 1.165) is 70.0 Å². The van der Waals surface area contributed by atoms with Gasteiger partial charge in [0.2, 0.25) is 10.0 Å². The largest absolute Gasteiger partial charge is 0.377 e. The van der Waals surface area contributed by atoms with Crippen molar-refractivity contribution in [2.45, 2.75) is 108 Å². The maximum absolute atomic E-state index is 12.9. The van der Waals surface area contributed by atoms with Gasteiger partial charge in [-0.15, -0.1) is 0 Å². The molecule has 44 heavy (non-hydrogen) atoms. The molecule has 0 radical (unpaired) electrons. The second kappa shape index (κ2) is 13.7. The van der Waals surface area contributed by atoms with Crippen LogP contribution in [0.15, 0.2) is 68.7 Å². The van der Waals surface area contributed by atoms with Crippen LogP contribution < -0.4 is 4.72 Å². The molecule has 0 amide bonds. The molecule has 3 heterocycles. The first-order valence-corrected chi connectivity index (χ1v) is 18.5. The van der Waals surface area contributed by atoms with Crippen LogP contribution in [0.25, 0.3) is 0 Å². The van der Waals surface area contributed by atoms with Crippen molar-refractivity contribution in [2.24, 2.45) is 22.2 Å². The third-order valence-electron chi connectivity index (χ3n) is 10.7. The number of rotatable bonds is 6. The van der Waals surface area contributed by atoms with Gasteiger partial charge in [0.1, 0.15) is 6.23 Å². The van der Waals surface area contributed by atoms with Crippen LogP contribution in [0.2, 0.25) is 0 Å². The predicted octanol–water partition coefficient (Wildman–Crippen LogP) is 6.83. The average molecular weight is 622 g/mol. The summed E-state index contributed by atoms with van der Waals surface area (Å²) in [7, 11) is -3.64. The standard InChI is InChI=1S/C36H51N3O4S/c1-26-9-15-32-27(2)6-4-21-37-34(33(32)16-10-26)28-7-3-18-36(19-20-36)25-39(22-17-28)35(40)29-11-13-31(14-12-29)44(41,42)38-24-30-8-5-23-43-30/h10-14,16,21,26-27,30,35,38,40H,3-9,15,17-20,22-25H2,1-2H3/b34-28+,37-21?. The van der Waals surface area contributed by atoms with Gasteiger partial charge in [0, 0.05) is 32.5 Å². The molecular formula is C36H51N3O4S. The molecule has 3 fully saturated rings. The lowest BCUT2D eigenvalue weighted by molar-refractivity contribution is -0.0108. The van der Waals surface area contributed by atoms with Crippen LogP contribution in [-0.4, -0.2) is 57.0 Å². The third kappa shape index (κ3) is 7.47. The number of hydrogen-bond acceptors (Lipinski definition) is 6. The van der Waals surface area contributed by atoms with Crippen LogP contribution in [0.4, 0.5) is 0 Å². The van der Waals surface area contributed by atoms with Crippen LogP contribution >= 0.6 is 0 Å². The number of sulfonamides is 1. The molecule has 0 bridgehead atoms. The third-order valence-corrected chi connectivity index (χ3v) is 12.1. The van der Waals surface area contributed by atoms with Gasteiger partial charge < -0.3 is 9.84 Å². The molecule has 7 nitrogen and oxygen atoms in total. The Morgan fingerprint density at radius 3 is 2.64 bits per heavy atom. The van der Waals surface area contributed by atoms with E-state index in [9.17, 15) is 13.5 Å². The molecule has 0 aromatic heterocycles. The van der Waals surface area contributed by atoms with Crippen LogP contribution in [0.1, 0.15) is 103 Å². The molecule has 1 aromatic rings. The van der Waals surface area contributed by atoms with Crippen molar-refractivity contribution in [1.29, 1.82) is 0 Å². The summed E-state index contributed by atoms with van der Waals surface area (Å²) in [6.07, 6.45) is 19.0. The minimum Gasteiger partial charge on any atom is -0.377 e. The number of hydrogen-bond donors (Lipinski definition) is 2. The lowest BCUT2D eigenvalue weighted by Gasteiger charge is -2.31. The van der Waals surface area contributed by atoms with Crippen molar-refractivity contribution in [3.63, 3.8) is 0 Å². The molecule has 2 saturated heterocycles. The molecule has 4 atom stereocenters. The number of aliphatic hydroxyl groups is 1. The van der Waals surface area contributed by atoms with Crippen LogP contribution in [-0.2, 0) is 14.8 Å². The first kappa shape index (κ1) is 31.9. The summed E-state index contributed by atoms with van der Waals surface area (Å²) in [5.74, 6) is 1.13. The SMILES string of the molecule is CC1C=CC2=C(CC1)C(C)CCC=N/C2=C1\CCCC2(CC2)CN(C(O)c2ccc(S(=O)(=O)NCC3CCCO3)cc2)CC1. The van der Waals surface area contributed by atoms with Gasteiger partial charge in [-0.1, -0.05) is 43.7 Å². The van der Waals surface area contributed by atoms with E-state index in [1.165, 1.54) is 42.5 Å².